The molecule has 1 aliphatic rings. The first kappa shape index (κ1) is 35.1. The smallest absolute Gasteiger partial charge is 0.475 e. The summed E-state index contributed by atoms with van der Waals surface area (Å²) >= 11 is 0. The SMILES string of the molecule is CCC(=O)N[C@H]1C[C@@H](n2cnc3c(NCC(c4ccccc4)c4ccccc4)nc(NCCN)nc32)[C@H](O)[C@@H]1O.O=C(O)C(F)(F)F. The number of carboxylic acid groups (broad SMARTS) is 1. The maximum Gasteiger partial charge on any atom is 0.490 e. The van der Waals surface area contributed by atoms with E-state index in [9.17, 15) is 28.2 Å². The number of nitrogens with two attached hydrogens (primary N) is 1. The molecule has 0 aliphatic heterocycles. The van der Waals surface area contributed by atoms with Gasteiger partial charge >= 0.3 is 12.1 Å². The first-order valence-electron chi connectivity index (χ1n) is 14.9. The lowest BCUT2D eigenvalue weighted by molar-refractivity contribution is -0.192. The quantitative estimate of drug-likeness (QED) is 0.125. The van der Waals surface area contributed by atoms with Gasteiger partial charge in [-0.25, -0.2) is 9.78 Å². The van der Waals surface area contributed by atoms with E-state index in [-0.39, 0.29) is 11.8 Å². The standard InChI is InChI=1S/C29H36N8O3.C2HF3O2/c1-2-23(38)34-21-15-22(26(40)25(21)39)37-17-33-24-27(35-29(31-14-13-30)36-28(24)37)32-16-20(18-9-5-3-6-10-18)19-11-7-4-8-12-19;3-2(4,5)1(6)7/h3-12,17,20-22,25-26,39-40H,2,13-16,30H2,1H3,(H,34,38)(H2,31,32,35,36);(H,6,7)/t21-,22+,25+,26-;/m0./s1. The first-order chi connectivity index (χ1) is 22.4. The second-order valence-electron chi connectivity index (χ2n) is 10.8. The van der Waals surface area contributed by atoms with Gasteiger partial charge in [0.05, 0.1) is 18.4 Å². The summed E-state index contributed by atoms with van der Waals surface area (Å²) in [6, 6.07) is 19.5. The van der Waals surface area contributed by atoms with Crippen LogP contribution in [0.5, 0.6) is 0 Å². The van der Waals surface area contributed by atoms with Crippen LogP contribution in [0.15, 0.2) is 67.0 Å². The number of amides is 1. The highest BCUT2D eigenvalue weighted by atomic mass is 19.4. The molecule has 0 radical (unpaired) electrons. The molecule has 0 spiro atoms. The highest BCUT2D eigenvalue weighted by molar-refractivity contribution is 5.84. The first-order valence-corrected chi connectivity index (χ1v) is 14.9. The molecule has 1 aliphatic carbocycles. The third-order valence-electron chi connectivity index (χ3n) is 7.65. The number of alkyl halides is 3. The fourth-order valence-electron chi connectivity index (χ4n) is 5.28. The molecule has 47 heavy (non-hydrogen) atoms. The minimum atomic E-state index is -5.08. The second-order valence-corrected chi connectivity index (χ2v) is 10.8. The van der Waals surface area contributed by atoms with E-state index in [2.05, 4.69) is 50.2 Å². The Balaban J connectivity index is 0.000000644. The fraction of sp³-hybridized carbons (Fsp3) is 0.387. The number of anilines is 2. The van der Waals surface area contributed by atoms with E-state index in [0.717, 1.165) is 0 Å². The van der Waals surface area contributed by atoms with Gasteiger partial charge in [-0.1, -0.05) is 67.6 Å². The Morgan fingerprint density at radius 2 is 1.60 bits per heavy atom. The van der Waals surface area contributed by atoms with Crippen molar-refractivity contribution in [2.45, 2.75) is 56.2 Å². The van der Waals surface area contributed by atoms with E-state index in [1.165, 1.54) is 11.1 Å². The number of aliphatic hydroxyl groups is 2. The molecular weight excluding hydrogens is 621 g/mol. The number of imidazole rings is 1. The van der Waals surface area contributed by atoms with E-state index < -0.39 is 36.4 Å². The number of carboxylic acids is 1. The van der Waals surface area contributed by atoms with Crippen LogP contribution in [0.3, 0.4) is 0 Å². The Bertz CT molecular complexity index is 1580. The molecule has 1 fully saturated rings. The largest absolute Gasteiger partial charge is 0.490 e. The van der Waals surface area contributed by atoms with Crippen molar-refractivity contribution in [2.75, 3.05) is 30.3 Å². The van der Waals surface area contributed by atoms with Crippen LogP contribution in [0.2, 0.25) is 0 Å². The van der Waals surface area contributed by atoms with Gasteiger partial charge in [-0.05, 0) is 17.5 Å². The molecule has 1 saturated carbocycles. The molecule has 2 aromatic carbocycles. The Morgan fingerprint density at radius 1 is 1.00 bits per heavy atom. The summed E-state index contributed by atoms with van der Waals surface area (Å²) < 4.78 is 33.5. The van der Waals surface area contributed by atoms with Crippen molar-refractivity contribution in [1.82, 2.24) is 24.8 Å². The summed E-state index contributed by atoms with van der Waals surface area (Å²) in [6.07, 6.45) is -5.06. The molecule has 8 N–H and O–H groups in total. The normalized spacial score (nSPS) is 19.2. The van der Waals surface area contributed by atoms with Crippen LogP contribution < -0.4 is 21.7 Å². The van der Waals surface area contributed by atoms with Gasteiger partial charge in [0.15, 0.2) is 17.0 Å². The summed E-state index contributed by atoms with van der Waals surface area (Å²) in [5.74, 6) is -1.95. The Labute approximate surface area is 268 Å². The van der Waals surface area contributed by atoms with Crippen molar-refractivity contribution < 1.29 is 38.1 Å². The number of aliphatic hydroxyl groups excluding tert-OH is 2. The molecule has 0 bridgehead atoms. The number of nitrogens with zero attached hydrogens (tertiary/aromatic N) is 4. The van der Waals surface area contributed by atoms with Crippen LogP contribution in [-0.4, -0.2) is 90.8 Å². The summed E-state index contributed by atoms with van der Waals surface area (Å²) in [5.41, 5.74) is 9.10. The summed E-state index contributed by atoms with van der Waals surface area (Å²) in [7, 11) is 0. The summed E-state index contributed by atoms with van der Waals surface area (Å²) in [6.45, 7) is 3.18. The number of aromatic nitrogens is 4. The number of nitrogens with one attached hydrogen (secondary N) is 3. The Kier molecular flexibility index (Phi) is 11.7. The van der Waals surface area contributed by atoms with Crippen LogP contribution >= 0.6 is 0 Å². The number of hydrogen-bond donors (Lipinski definition) is 7. The Hall–Kier alpha value is -4.80. The molecule has 13 nitrogen and oxygen atoms in total. The zero-order valence-electron chi connectivity index (χ0n) is 25.4. The van der Waals surface area contributed by atoms with Gasteiger partial charge in [0.1, 0.15) is 12.2 Å². The fourth-order valence-corrected chi connectivity index (χ4v) is 5.28. The molecule has 2 heterocycles. The molecule has 4 aromatic rings. The minimum Gasteiger partial charge on any atom is -0.475 e. The number of rotatable bonds is 11. The number of benzene rings is 2. The van der Waals surface area contributed by atoms with E-state index in [1.807, 2.05) is 36.4 Å². The van der Waals surface area contributed by atoms with Crippen molar-refractivity contribution in [1.29, 1.82) is 0 Å². The maximum atomic E-state index is 12.0. The van der Waals surface area contributed by atoms with Crippen LogP contribution in [-0.2, 0) is 9.59 Å². The molecule has 0 unspecified atom stereocenters. The van der Waals surface area contributed by atoms with E-state index >= 15 is 0 Å². The zero-order chi connectivity index (χ0) is 34.1. The van der Waals surface area contributed by atoms with Crippen LogP contribution in [0.1, 0.15) is 42.9 Å². The van der Waals surface area contributed by atoms with E-state index in [1.54, 1.807) is 17.8 Å². The topological polar surface area (TPSA) is 201 Å². The van der Waals surface area contributed by atoms with Gasteiger partial charge in [-0.2, -0.15) is 23.1 Å². The lowest BCUT2D eigenvalue weighted by atomic mass is 9.91. The van der Waals surface area contributed by atoms with Gasteiger partial charge in [-0.15, -0.1) is 0 Å². The average Bonchev–Trinajstić information content (AvgIpc) is 3.60. The number of carbonyl (C=O) groups excluding carboxylic acids is 1. The molecule has 4 atom stereocenters. The predicted molar refractivity (Wildman–Crippen MR) is 168 cm³/mol. The lowest BCUT2D eigenvalue weighted by Gasteiger charge is -2.20. The number of aliphatic carboxylic acids is 1. The van der Waals surface area contributed by atoms with Crippen molar-refractivity contribution >= 4 is 34.8 Å². The molecule has 252 valence electrons. The van der Waals surface area contributed by atoms with Crippen LogP contribution in [0, 0.1) is 0 Å². The summed E-state index contributed by atoms with van der Waals surface area (Å²) in [4.78, 5) is 34.9. The lowest BCUT2D eigenvalue weighted by Crippen LogP contribution is -2.42. The van der Waals surface area contributed by atoms with Crippen molar-refractivity contribution in [3.63, 3.8) is 0 Å². The molecular formula is C31H37F3N8O5. The second kappa shape index (κ2) is 15.7. The van der Waals surface area contributed by atoms with Crippen LogP contribution in [0.4, 0.5) is 24.9 Å². The number of carbonyl (C=O) groups is 2. The summed E-state index contributed by atoms with van der Waals surface area (Å²) in [5, 5.41) is 38.2. The van der Waals surface area contributed by atoms with E-state index in [0.29, 0.717) is 55.4 Å². The minimum absolute atomic E-state index is 0.0599. The van der Waals surface area contributed by atoms with Crippen LogP contribution in [0.25, 0.3) is 11.2 Å². The van der Waals surface area contributed by atoms with Crippen molar-refractivity contribution in [2.24, 2.45) is 5.73 Å². The number of halogens is 3. The van der Waals surface area contributed by atoms with Gasteiger partial charge in [0, 0.05) is 32.0 Å². The molecule has 5 rings (SSSR count). The Morgan fingerprint density at radius 3 is 2.13 bits per heavy atom. The van der Waals surface area contributed by atoms with Gasteiger partial charge in [-0.3, -0.25) is 4.79 Å². The number of hydrogen-bond acceptors (Lipinski definition) is 10. The maximum absolute atomic E-state index is 12.0. The van der Waals surface area contributed by atoms with Gasteiger partial charge in [0.25, 0.3) is 0 Å². The average molecular weight is 659 g/mol. The van der Waals surface area contributed by atoms with Crippen molar-refractivity contribution in [3.8, 4) is 0 Å². The number of fused-ring (bicyclic) bond motifs is 1. The highest BCUT2D eigenvalue weighted by Crippen LogP contribution is 2.35. The van der Waals surface area contributed by atoms with Gasteiger partial charge < -0.3 is 41.6 Å². The molecule has 1 amide bonds. The van der Waals surface area contributed by atoms with E-state index in [4.69, 9.17) is 20.6 Å². The third kappa shape index (κ3) is 8.72. The molecule has 0 saturated heterocycles. The van der Waals surface area contributed by atoms with Gasteiger partial charge in [0.2, 0.25) is 11.9 Å². The predicted octanol–water partition coefficient (Wildman–Crippen LogP) is 2.64. The third-order valence-corrected chi connectivity index (χ3v) is 7.65. The zero-order valence-corrected chi connectivity index (χ0v) is 25.4. The molecule has 16 heteroatoms. The van der Waals surface area contributed by atoms with Crippen molar-refractivity contribution in [3.05, 3.63) is 78.1 Å². The monoisotopic (exact) mass is 658 g/mol. The molecule has 2 aromatic heterocycles. The highest BCUT2D eigenvalue weighted by Gasteiger charge is 2.44.